The summed E-state index contributed by atoms with van der Waals surface area (Å²) in [5.41, 5.74) is 8.34. The van der Waals surface area contributed by atoms with Gasteiger partial charge >= 0.3 is 16.5 Å². The van der Waals surface area contributed by atoms with E-state index in [2.05, 4.69) is 81.0 Å². The summed E-state index contributed by atoms with van der Waals surface area (Å²) in [4.78, 5) is 20.2. The average molecular weight is 589 g/mol. The minimum absolute atomic E-state index is 0. The second-order valence-electron chi connectivity index (χ2n) is 8.30. The van der Waals surface area contributed by atoms with Crippen LogP contribution in [0.15, 0.2) is 137 Å². The van der Waals surface area contributed by atoms with E-state index >= 15 is 0 Å². The Bertz CT molecular complexity index is 1500. The molecular weight excluding hydrogens is 563 g/mol. The number of nitrogens with zero attached hydrogens (tertiary/aromatic N) is 4. The maximum Gasteiger partial charge on any atom is 2.00 e. The normalized spacial score (nSPS) is 14.6. The first-order valence-electron chi connectivity index (χ1n) is 12.1. The predicted octanol–water partition coefficient (Wildman–Crippen LogP) is 6.18. The smallest absolute Gasteiger partial charge is 0.664 e. The fourth-order valence-electron chi connectivity index (χ4n) is 4.16. The van der Waals surface area contributed by atoms with Crippen molar-refractivity contribution in [1.82, 2.24) is 15.0 Å². The molecule has 4 heterocycles. The van der Waals surface area contributed by atoms with E-state index in [1.165, 1.54) is 9.76 Å². The van der Waals surface area contributed by atoms with Crippen LogP contribution in [0.25, 0.3) is 11.1 Å². The Morgan fingerprint density at radius 1 is 0.718 bits per heavy atom. The maximum atomic E-state index is 4.41. The number of rotatable bonds is 5. The van der Waals surface area contributed by atoms with Crippen LogP contribution in [0.4, 0.5) is 0 Å². The van der Waals surface area contributed by atoms with Gasteiger partial charge in [-0.05, 0) is 65.0 Å². The van der Waals surface area contributed by atoms with Crippen LogP contribution in [0.1, 0.15) is 22.6 Å². The van der Waals surface area contributed by atoms with E-state index < -0.39 is 0 Å². The third kappa shape index (κ3) is 6.87. The van der Waals surface area contributed by atoms with Crippen molar-refractivity contribution in [3.63, 3.8) is 0 Å². The molecule has 0 unspecified atom stereocenters. The third-order valence-electron chi connectivity index (χ3n) is 6.00. The molecular formula is C32H26N4NiS2. The Balaban J connectivity index is 0.000000176. The number of hydrogen-bond acceptors (Lipinski definition) is 2. The number of aromatic nitrogens is 3. The summed E-state index contributed by atoms with van der Waals surface area (Å²) >= 11 is 3.49. The largest absolute Gasteiger partial charge is 2.00 e. The van der Waals surface area contributed by atoms with E-state index in [0.29, 0.717) is 0 Å². The van der Waals surface area contributed by atoms with Gasteiger partial charge in [-0.25, -0.2) is 0 Å². The van der Waals surface area contributed by atoms with Gasteiger partial charge in [-0.1, -0.05) is 48.5 Å². The molecule has 3 aromatic heterocycles. The summed E-state index contributed by atoms with van der Waals surface area (Å²) in [6, 6.07) is 20.4. The van der Waals surface area contributed by atoms with Gasteiger partial charge in [0.2, 0.25) is 4.86 Å². The molecule has 7 heteroatoms. The standard InChI is InChI=1S/2C16H13N2S.Ni/c2*1-19-13-8-6-12(7-9-13)16(14-4-2-10-17-14)15-5-3-11-18-15;/h2*2-11H,1H3;/q2*-1;+2/b16-14-;;. The third-order valence-corrected chi connectivity index (χ3v) is 7.48. The molecule has 0 amide bonds. The quantitative estimate of drug-likeness (QED) is 0.121. The number of aliphatic imine (C=N–C) groups is 1. The van der Waals surface area contributed by atoms with Gasteiger partial charge in [0.25, 0.3) is 0 Å². The van der Waals surface area contributed by atoms with Crippen molar-refractivity contribution < 1.29 is 16.5 Å². The van der Waals surface area contributed by atoms with Gasteiger partial charge in [-0.3, -0.25) is 4.99 Å². The number of hydrogen-bond donors (Lipinski definition) is 0. The summed E-state index contributed by atoms with van der Waals surface area (Å²) < 4.78 is 0. The second-order valence-corrected chi connectivity index (χ2v) is 10.1. The molecule has 4 aromatic rings. The van der Waals surface area contributed by atoms with Crippen LogP contribution in [-0.2, 0) is 27.8 Å². The Labute approximate surface area is 247 Å². The van der Waals surface area contributed by atoms with Crippen LogP contribution in [0.5, 0.6) is 0 Å². The number of allylic oxidation sites excluding steroid dienone is 7. The molecule has 0 bridgehead atoms. The summed E-state index contributed by atoms with van der Waals surface area (Å²) in [7, 11) is 0. The number of benzene rings is 1. The van der Waals surface area contributed by atoms with Crippen LogP contribution in [0.3, 0.4) is 0 Å². The molecule has 0 atom stereocenters. The molecule has 4 nitrogen and oxygen atoms in total. The van der Waals surface area contributed by atoms with E-state index in [0.717, 1.165) is 45.1 Å². The van der Waals surface area contributed by atoms with Gasteiger partial charge in [0.05, 0.1) is 5.70 Å². The van der Waals surface area contributed by atoms with Crippen molar-refractivity contribution in [2.24, 2.45) is 4.99 Å². The number of thioether (sulfide) groups is 1. The molecule has 2 aliphatic rings. The van der Waals surface area contributed by atoms with E-state index in [1.54, 1.807) is 23.1 Å². The summed E-state index contributed by atoms with van der Waals surface area (Å²) in [5.74, 6) is 0. The van der Waals surface area contributed by atoms with Crippen LogP contribution in [0.2, 0.25) is 0 Å². The Morgan fingerprint density at radius 3 is 1.72 bits per heavy atom. The van der Waals surface area contributed by atoms with Crippen molar-refractivity contribution >= 4 is 45.3 Å². The van der Waals surface area contributed by atoms with Gasteiger partial charge in [0.1, 0.15) is 0 Å². The van der Waals surface area contributed by atoms with E-state index in [-0.39, 0.29) is 16.5 Å². The Hall–Kier alpha value is -3.64. The molecule has 0 N–H and O–H groups in total. The van der Waals surface area contributed by atoms with Crippen molar-refractivity contribution in [3.8, 4) is 0 Å². The first-order chi connectivity index (χ1) is 18.8. The van der Waals surface area contributed by atoms with Crippen LogP contribution >= 0.6 is 11.8 Å². The van der Waals surface area contributed by atoms with Crippen molar-refractivity contribution in [1.29, 1.82) is 0 Å². The molecule has 0 fully saturated rings. The maximum absolute atomic E-state index is 4.41. The zero-order valence-corrected chi connectivity index (χ0v) is 24.1. The first-order valence-corrected chi connectivity index (χ1v) is 14.6. The fourth-order valence-corrected chi connectivity index (χ4v) is 4.98. The Kier molecular flexibility index (Phi) is 10.1. The molecule has 0 saturated heterocycles. The summed E-state index contributed by atoms with van der Waals surface area (Å²) in [6.07, 6.45) is 23.9. The molecule has 0 radical (unpaired) electrons. The average Bonchev–Trinajstić information content (AvgIpc) is 3.79. The molecule has 1 aliphatic heterocycles. The monoisotopic (exact) mass is 588 g/mol. The summed E-state index contributed by atoms with van der Waals surface area (Å²) in [5, 5.41) is 0. The van der Waals surface area contributed by atoms with Gasteiger partial charge in [0.15, 0.2) is 17.6 Å². The van der Waals surface area contributed by atoms with Crippen LogP contribution < -0.4 is 15.0 Å². The minimum atomic E-state index is 0. The molecule has 0 saturated carbocycles. The predicted molar refractivity (Wildman–Crippen MR) is 164 cm³/mol. The van der Waals surface area contributed by atoms with Gasteiger partial charge in [0, 0.05) is 23.3 Å². The van der Waals surface area contributed by atoms with E-state index in [4.69, 9.17) is 0 Å². The summed E-state index contributed by atoms with van der Waals surface area (Å²) in [6.45, 7) is 0. The van der Waals surface area contributed by atoms with E-state index in [1.807, 2.05) is 73.4 Å². The SMILES string of the molecule is CSc1ccc(/C(=C2\C=CC=N2)c2ccc[n-]2)cc1.C[S+]=C1C=CC(=C(c2ccc[n-]2)c2ccc[n-]2)C=C1.[Ni+2]. The van der Waals surface area contributed by atoms with Crippen molar-refractivity contribution in [2.45, 2.75) is 4.90 Å². The van der Waals surface area contributed by atoms with Crippen LogP contribution in [-0.4, -0.2) is 23.6 Å². The molecule has 39 heavy (non-hydrogen) atoms. The van der Waals surface area contributed by atoms with E-state index in [9.17, 15) is 0 Å². The zero-order valence-electron chi connectivity index (χ0n) is 21.5. The van der Waals surface area contributed by atoms with Gasteiger partial charge < -0.3 is 15.0 Å². The van der Waals surface area contributed by atoms with Crippen molar-refractivity contribution in [2.75, 3.05) is 12.5 Å². The Morgan fingerprint density at radius 2 is 1.28 bits per heavy atom. The molecule has 1 aromatic carbocycles. The molecule has 1 aliphatic carbocycles. The second kappa shape index (κ2) is 14.0. The van der Waals surface area contributed by atoms with Crippen molar-refractivity contribution in [3.05, 3.63) is 150 Å². The van der Waals surface area contributed by atoms with Crippen LogP contribution in [0, 0.1) is 0 Å². The minimum Gasteiger partial charge on any atom is -0.664 e. The van der Waals surface area contributed by atoms with Gasteiger partial charge in [-0.15, -0.1) is 28.8 Å². The molecule has 0 spiro atoms. The topological polar surface area (TPSA) is 54.7 Å². The van der Waals surface area contributed by atoms with Gasteiger partial charge in [-0.2, -0.15) is 18.6 Å². The first kappa shape index (κ1) is 28.4. The molecule has 6 rings (SSSR count). The zero-order chi connectivity index (χ0) is 26.2. The fraction of sp³-hybridized carbons (Fsp3) is 0.0625. The molecule has 196 valence electrons.